The smallest absolute Gasteiger partial charge is 0.320 e. The molecule has 1 saturated heterocycles. The van der Waals surface area contributed by atoms with Crippen LogP contribution in [0.2, 0.25) is 0 Å². The molecule has 2 rings (SSSR count). The summed E-state index contributed by atoms with van der Waals surface area (Å²) in [5.74, 6) is -0.506. The number of primary amides is 1. The lowest BCUT2D eigenvalue weighted by atomic mass is 10.2. The standard InChI is InChI=1S/C14H20N4O2/c15-12-5-3-11(4-6-12)9-18(10-13(16)19)14(20)17-7-1-2-8-17/h3-6H,1-2,7-10,15H2,(H2,16,19). The third-order valence-electron chi connectivity index (χ3n) is 3.35. The second kappa shape index (κ2) is 6.27. The van der Waals surface area contributed by atoms with Crippen molar-refractivity contribution in [2.24, 2.45) is 5.73 Å². The summed E-state index contributed by atoms with van der Waals surface area (Å²) in [4.78, 5) is 26.8. The second-order valence-electron chi connectivity index (χ2n) is 5.04. The summed E-state index contributed by atoms with van der Waals surface area (Å²) in [6, 6.07) is 7.12. The van der Waals surface area contributed by atoms with Crippen LogP contribution in [-0.2, 0) is 11.3 Å². The van der Waals surface area contributed by atoms with Gasteiger partial charge in [-0.15, -0.1) is 0 Å². The largest absolute Gasteiger partial charge is 0.399 e. The molecule has 0 atom stereocenters. The second-order valence-corrected chi connectivity index (χ2v) is 5.04. The Hall–Kier alpha value is -2.24. The van der Waals surface area contributed by atoms with E-state index in [-0.39, 0.29) is 12.6 Å². The van der Waals surface area contributed by atoms with Crippen LogP contribution in [0.15, 0.2) is 24.3 Å². The summed E-state index contributed by atoms with van der Waals surface area (Å²) in [5, 5.41) is 0. The van der Waals surface area contributed by atoms with Crippen LogP contribution in [0.4, 0.5) is 10.5 Å². The van der Waals surface area contributed by atoms with Crippen molar-refractivity contribution in [1.82, 2.24) is 9.80 Å². The Balaban J connectivity index is 2.08. The van der Waals surface area contributed by atoms with Crippen LogP contribution >= 0.6 is 0 Å². The highest BCUT2D eigenvalue weighted by molar-refractivity contribution is 5.83. The maximum atomic E-state index is 12.4. The lowest BCUT2D eigenvalue weighted by Crippen LogP contribution is -2.45. The van der Waals surface area contributed by atoms with Crippen LogP contribution in [0.3, 0.4) is 0 Å². The average Bonchev–Trinajstić information content (AvgIpc) is 2.93. The molecule has 6 nitrogen and oxygen atoms in total. The van der Waals surface area contributed by atoms with Crippen LogP contribution in [0, 0.1) is 0 Å². The lowest BCUT2D eigenvalue weighted by Gasteiger charge is -2.27. The molecule has 0 spiro atoms. The third-order valence-corrected chi connectivity index (χ3v) is 3.35. The molecule has 0 aromatic heterocycles. The molecule has 1 aromatic carbocycles. The normalized spacial score (nSPS) is 14.3. The van der Waals surface area contributed by atoms with E-state index in [4.69, 9.17) is 11.5 Å². The van der Waals surface area contributed by atoms with Gasteiger partial charge in [0.05, 0.1) is 0 Å². The Morgan fingerprint density at radius 1 is 1.15 bits per heavy atom. The molecule has 3 amide bonds. The van der Waals surface area contributed by atoms with Gasteiger partial charge in [-0.2, -0.15) is 0 Å². The van der Waals surface area contributed by atoms with Crippen molar-refractivity contribution in [2.45, 2.75) is 19.4 Å². The van der Waals surface area contributed by atoms with Gasteiger partial charge < -0.3 is 21.3 Å². The number of carbonyl (C=O) groups is 2. The number of amides is 3. The SMILES string of the molecule is NC(=O)CN(Cc1ccc(N)cc1)C(=O)N1CCCC1. The van der Waals surface area contributed by atoms with Gasteiger partial charge in [-0.1, -0.05) is 12.1 Å². The van der Waals surface area contributed by atoms with Crippen LogP contribution in [-0.4, -0.2) is 41.4 Å². The van der Waals surface area contributed by atoms with Crippen molar-refractivity contribution in [1.29, 1.82) is 0 Å². The summed E-state index contributed by atoms with van der Waals surface area (Å²) >= 11 is 0. The van der Waals surface area contributed by atoms with Crippen LogP contribution in [0.1, 0.15) is 18.4 Å². The lowest BCUT2D eigenvalue weighted by molar-refractivity contribution is -0.118. The monoisotopic (exact) mass is 276 g/mol. The van der Waals surface area contributed by atoms with Gasteiger partial charge in [0.1, 0.15) is 6.54 Å². The molecule has 6 heteroatoms. The minimum absolute atomic E-state index is 0.0697. The van der Waals surface area contributed by atoms with E-state index in [1.807, 2.05) is 12.1 Å². The van der Waals surface area contributed by atoms with Crippen LogP contribution in [0.5, 0.6) is 0 Å². The first-order valence-electron chi connectivity index (χ1n) is 6.73. The van der Waals surface area contributed by atoms with Crippen molar-refractivity contribution >= 4 is 17.6 Å². The highest BCUT2D eigenvalue weighted by Crippen LogP contribution is 2.14. The van der Waals surface area contributed by atoms with E-state index in [0.29, 0.717) is 12.2 Å². The predicted octanol–water partition coefficient (Wildman–Crippen LogP) is 0.772. The summed E-state index contributed by atoms with van der Waals surface area (Å²) < 4.78 is 0. The van der Waals surface area contributed by atoms with E-state index < -0.39 is 5.91 Å². The van der Waals surface area contributed by atoms with Gasteiger partial charge in [0.15, 0.2) is 0 Å². The Labute approximate surface area is 118 Å². The first-order chi connectivity index (χ1) is 9.56. The molecular weight excluding hydrogens is 256 g/mol. The van der Waals surface area contributed by atoms with E-state index in [9.17, 15) is 9.59 Å². The molecule has 0 saturated carbocycles. The number of hydrogen-bond acceptors (Lipinski definition) is 3. The summed E-state index contributed by atoms with van der Waals surface area (Å²) in [6.07, 6.45) is 2.02. The fourth-order valence-electron chi connectivity index (χ4n) is 2.33. The number of hydrogen-bond donors (Lipinski definition) is 2. The molecule has 108 valence electrons. The molecule has 1 fully saturated rings. The molecule has 1 aliphatic rings. The van der Waals surface area contributed by atoms with Crippen molar-refractivity contribution in [3.8, 4) is 0 Å². The number of anilines is 1. The zero-order valence-electron chi connectivity index (χ0n) is 11.4. The molecule has 1 aromatic rings. The zero-order chi connectivity index (χ0) is 14.5. The zero-order valence-corrected chi connectivity index (χ0v) is 11.4. The van der Waals surface area contributed by atoms with Gasteiger partial charge in [-0.05, 0) is 30.5 Å². The Morgan fingerprint density at radius 3 is 2.30 bits per heavy atom. The Bertz CT molecular complexity index is 480. The van der Waals surface area contributed by atoms with Crippen molar-refractivity contribution in [2.75, 3.05) is 25.4 Å². The molecule has 0 radical (unpaired) electrons. The molecule has 0 bridgehead atoms. The maximum Gasteiger partial charge on any atom is 0.320 e. The van der Waals surface area contributed by atoms with Crippen molar-refractivity contribution < 1.29 is 9.59 Å². The molecule has 20 heavy (non-hydrogen) atoms. The minimum atomic E-state index is -0.506. The van der Waals surface area contributed by atoms with Gasteiger partial charge >= 0.3 is 6.03 Å². The van der Waals surface area contributed by atoms with E-state index in [2.05, 4.69) is 0 Å². The van der Waals surface area contributed by atoms with Gasteiger partial charge in [0.2, 0.25) is 5.91 Å². The van der Waals surface area contributed by atoms with Crippen molar-refractivity contribution in [3.63, 3.8) is 0 Å². The summed E-state index contributed by atoms with van der Waals surface area (Å²) in [7, 11) is 0. The number of nitrogen functional groups attached to an aromatic ring is 1. The van der Waals surface area contributed by atoms with Gasteiger partial charge in [-0.25, -0.2) is 4.79 Å². The number of nitrogens with zero attached hydrogens (tertiary/aromatic N) is 2. The summed E-state index contributed by atoms with van der Waals surface area (Å²) in [6.45, 7) is 1.78. The predicted molar refractivity (Wildman–Crippen MR) is 76.7 cm³/mol. The number of urea groups is 1. The minimum Gasteiger partial charge on any atom is -0.399 e. The average molecular weight is 276 g/mol. The molecule has 0 aliphatic carbocycles. The fourth-order valence-corrected chi connectivity index (χ4v) is 2.33. The number of likely N-dealkylation sites (tertiary alicyclic amines) is 1. The summed E-state index contributed by atoms with van der Waals surface area (Å²) in [5.41, 5.74) is 12.5. The first kappa shape index (κ1) is 14.2. The number of benzene rings is 1. The quantitative estimate of drug-likeness (QED) is 0.796. The number of carbonyl (C=O) groups excluding carboxylic acids is 2. The molecule has 1 aliphatic heterocycles. The van der Waals surface area contributed by atoms with Crippen LogP contribution < -0.4 is 11.5 Å². The van der Waals surface area contributed by atoms with E-state index in [1.54, 1.807) is 17.0 Å². The fraction of sp³-hybridized carbons (Fsp3) is 0.429. The molecule has 1 heterocycles. The maximum absolute atomic E-state index is 12.4. The number of nitrogens with two attached hydrogens (primary N) is 2. The van der Waals surface area contributed by atoms with E-state index in [0.717, 1.165) is 31.5 Å². The third kappa shape index (κ3) is 3.63. The molecule has 0 unspecified atom stereocenters. The Morgan fingerprint density at radius 2 is 1.75 bits per heavy atom. The molecule has 4 N–H and O–H groups in total. The van der Waals surface area contributed by atoms with Gasteiger partial charge in [0, 0.05) is 25.3 Å². The van der Waals surface area contributed by atoms with Gasteiger partial charge in [0.25, 0.3) is 0 Å². The Kier molecular flexibility index (Phi) is 4.45. The van der Waals surface area contributed by atoms with Gasteiger partial charge in [-0.3, -0.25) is 4.79 Å². The first-order valence-corrected chi connectivity index (χ1v) is 6.73. The molecular formula is C14H20N4O2. The van der Waals surface area contributed by atoms with E-state index >= 15 is 0 Å². The number of rotatable bonds is 4. The topological polar surface area (TPSA) is 92.7 Å². The highest BCUT2D eigenvalue weighted by atomic mass is 16.2. The van der Waals surface area contributed by atoms with E-state index in [1.165, 1.54) is 4.90 Å². The highest BCUT2D eigenvalue weighted by Gasteiger charge is 2.24. The van der Waals surface area contributed by atoms with Crippen molar-refractivity contribution in [3.05, 3.63) is 29.8 Å². The van der Waals surface area contributed by atoms with Crippen LogP contribution in [0.25, 0.3) is 0 Å².